The lowest BCUT2D eigenvalue weighted by molar-refractivity contribution is -0.120. The monoisotopic (exact) mass is 510 g/mol. The maximum absolute atomic E-state index is 12.6. The zero-order valence-corrected chi connectivity index (χ0v) is 22.2. The van der Waals surface area contributed by atoms with Crippen molar-refractivity contribution in [2.75, 3.05) is 13.2 Å². The molecule has 1 aromatic heterocycles. The van der Waals surface area contributed by atoms with Crippen molar-refractivity contribution in [2.45, 2.75) is 52.7 Å². The van der Waals surface area contributed by atoms with Gasteiger partial charge in [0.2, 0.25) is 5.88 Å². The summed E-state index contributed by atoms with van der Waals surface area (Å²) in [7, 11) is 0. The van der Waals surface area contributed by atoms with Crippen molar-refractivity contribution >= 4 is 33.3 Å². The Kier molecular flexibility index (Phi) is 5.99. The molecule has 1 saturated carbocycles. The number of rotatable bonds is 6. The minimum atomic E-state index is -0.516. The van der Waals surface area contributed by atoms with E-state index in [9.17, 15) is 9.90 Å². The van der Waals surface area contributed by atoms with Crippen LogP contribution < -0.4 is 4.74 Å². The number of carbonyl (C=O) groups is 1. The molecule has 0 radical (unpaired) electrons. The molecule has 7 nitrogen and oxygen atoms in total. The quantitative estimate of drug-likeness (QED) is 0.282. The standard InChI is InChI=1S/C31H34N4O3/c1-30(2)15-22-16-31(3,18-30)19-34(22)20-35-25-13-7-6-12-24(25)28(29(35)37)33-32-27(36)17-38-26-14-8-10-21-9-4-5-11-23(21)26/h4-14,22,37H,15-20H2,1-3H3. The second-order valence-corrected chi connectivity index (χ2v) is 12.1. The molecule has 0 spiro atoms. The van der Waals surface area contributed by atoms with E-state index in [0.29, 0.717) is 35.0 Å². The number of hydrogen-bond donors (Lipinski definition) is 1. The zero-order valence-electron chi connectivity index (χ0n) is 22.2. The van der Waals surface area contributed by atoms with Crippen LogP contribution in [0.25, 0.3) is 21.7 Å². The van der Waals surface area contributed by atoms with E-state index < -0.39 is 5.91 Å². The molecule has 38 heavy (non-hydrogen) atoms. The number of ether oxygens (including phenoxy) is 1. The Bertz CT molecular complexity index is 1550. The van der Waals surface area contributed by atoms with Crippen molar-refractivity contribution in [1.82, 2.24) is 9.47 Å². The van der Waals surface area contributed by atoms with Crippen molar-refractivity contribution < 1.29 is 14.6 Å². The van der Waals surface area contributed by atoms with Gasteiger partial charge >= 0.3 is 5.91 Å². The molecule has 1 amide bonds. The first-order valence-electron chi connectivity index (χ1n) is 13.3. The molecule has 196 valence electrons. The Balaban J connectivity index is 1.22. The largest absolute Gasteiger partial charge is 0.493 e. The van der Waals surface area contributed by atoms with Crippen LogP contribution in [0, 0.1) is 10.8 Å². The molecule has 1 N–H and O–H groups in total. The number of azo groups is 1. The van der Waals surface area contributed by atoms with Crippen molar-refractivity contribution in [3.63, 3.8) is 0 Å². The summed E-state index contributed by atoms with van der Waals surface area (Å²) in [5.41, 5.74) is 1.81. The lowest BCUT2D eigenvalue weighted by Gasteiger charge is -2.40. The lowest BCUT2D eigenvalue weighted by atomic mass is 9.65. The number of aromatic nitrogens is 1. The third-order valence-corrected chi connectivity index (χ3v) is 8.13. The normalized spacial score (nSPS) is 23.0. The van der Waals surface area contributed by atoms with Gasteiger partial charge in [-0.05, 0) is 47.6 Å². The van der Waals surface area contributed by atoms with E-state index >= 15 is 0 Å². The highest BCUT2D eigenvalue weighted by Gasteiger charge is 2.49. The second-order valence-electron chi connectivity index (χ2n) is 12.1. The lowest BCUT2D eigenvalue weighted by Crippen LogP contribution is -2.35. The van der Waals surface area contributed by atoms with Gasteiger partial charge < -0.3 is 9.84 Å². The third kappa shape index (κ3) is 4.56. The van der Waals surface area contributed by atoms with Crippen molar-refractivity contribution in [3.05, 3.63) is 66.7 Å². The minimum Gasteiger partial charge on any atom is -0.493 e. The van der Waals surface area contributed by atoms with Crippen molar-refractivity contribution in [1.29, 1.82) is 0 Å². The van der Waals surface area contributed by atoms with Crippen molar-refractivity contribution in [3.8, 4) is 11.6 Å². The zero-order chi connectivity index (χ0) is 26.5. The molecule has 1 aliphatic heterocycles. The first kappa shape index (κ1) is 24.6. The number of fused-ring (bicyclic) bond motifs is 4. The molecule has 2 bridgehead atoms. The van der Waals surface area contributed by atoms with Gasteiger partial charge in [0.15, 0.2) is 12.3 Å². The van der Waals surface area contributed by atoms with Crippen LogP contribution >= 0.6 is 0 Å². The average Bonchev–Trinajstić information content (AvgIpc) is 3.29. The highest BCUT2D eigenvalue weighted by atomic mass is 16.5. The van der Waals surface area contributed by atoms with Gasteiger partial charge in [-0.25, -0.2) is 0 Å². The molecule has 1 saturated heterocycles. The average molecular weight is 511 g/mol. The fourth-order valence-corrected chi connectivity index (χ4v) is 7.03. The van der Waals surface area contributed by atoms with Crippen LogP contribution in [0.3, 0.4) is 0 Å². The van der Waals surface area contributed by atoms with Gasteiger partial charge in [0, 0.05) is 23.4 Å². The summed E-state index contributed by atoms with van der Waals surface area (Å²) in [6.45, 7) is 8.47. The molecular formula is C31H34N4O3. The van der Waals surface area contributed by atoms with Crippen LogP contribution in [0.1, 0.15) is 40.0 Å². The number of likely N-dealkylation sites (tertiary alicyclic amines) is 1. The van der Waals surface area contributed by atoms with Gasteiger partial charge in [-0.15, -0.1) is 10.2 Å². The van der Waals surface area contributed by atoms with Gasteiger partial charge in [0.1, 0.15) is 5.75 Å². The van der Waals surface area contributed by atoms with Gasteiger partial charge in [-0.1, -0.05) is 75.4 Å². The Morgan fingerprint density at radius 3 is 2.58 bits per heavy atom. The number of benzene rings is 3. The Morgan fingerprint density at radius 1 is 1.00 bits per heavy atom. The number of carbonyl (C=O) groups excluding carboxylic acids is 1. The van der Waals surface area contributed by atoms with Gasteiger partial charge in [0.05, 0.1) is 12.2 Å². The summed E-state index contributed by atoms with van der Waals surface area (Å²) in [6, 6.07) is 21.8. The molecule has 1 aliphatic carbocycles. The minimum absolute atomic E-state index is 0.0311. The number of para-hydroxylation sites is 1. The summed E-state index contributed by atoms with van der Waals surface area (Å²) in [5, 5.41) is 22.1. The molecule has 2 fully saturated rings. The first-order chi connectivity index (χ1) is 18.2. The van der Waals surface area contributed by atoms with E-state index in [1.807, 2.05) is 71.3 Å². The van der Waals surface area contributed by atoms with Gasteiger partial charge in [0.25, 0.3) is 0 Å². The molecule has 2 unspecified atom stereocenters. The van der Waals surface area contributed by atoms with Crippen LogP contribution in [-0.4, -0.2) is 39.7 Å². The van der Waals surface area contributed by atoms with Crippen LogP contribution in [-0.2, 0) is 11.5 Å². The van der Waals surface area contributed by atoms with E-state index in [2.05, 4.69) is 35.9 Å². The highest BCUT2D eigenvalue weighted by Crippen LogP contribution is 2.53. The third-order valence-electron chi connectivity index (χ3n) is 8.13. The Hall–Kier alpha value is -3.71. The van der Waals surface area contributed by atoms with Crippen LogP contribution in [0.4, 0.5) is 5.69 Å². The molecule has 2 aliphatic rings. The van der Waals surface area contributed by atoms with E-state index in [1.54, 1.807) is 0 Å². The van der Waals surface area contributed by atoms with Crippen molar-refractivity contribution in [2.24, 2.45) is 21.1 Å². The number of amides is 1. The Morgan fingerprint density at radius 2 is 1.74 bits per heavy atom. The molecule has 3 aromatic carbocycles. The van der Waals surface area contributed by atoms with Crippen LogP contribution in [0.2, 0.25) is 0 Å². The predicted molar refractivity (Wildman–Crippen MR) is 149 cm³/mol. The summed E-state index contributed by atoms with van der Waals surface area (Å²) in [4.78, 5) is 15.1. The first-order valence-corrected chi connectivity index (χ1v) is 13.3. The molecule has 2 heterocycles. The summed E-state index contributed by atoms with van der Waals surface area (Å²) < 4.78 is 7.67. The van der Waals surface area contributed by atoms with E-state index in [4.69, 9.17) is 4.74 Å². The Labute approximate surface area is 222 Å². The summed E-state index contributed by atoms with van der Waals surface area (Å²) in [6.07, 6.45) is 3.56. The smallest absolute Gasteiger partial charge is 0.302 e. The fourth-order valence-electron chi connectivity index (χ4n) is 7.03. The predicted octanol–water partition coefficient (Wildman–Crippen LogP) is 7.05. The van der Waals surface area contributed by atoms with Gasteiger partial charge in [-0.2, -0.15) is 0 Å². The number of aromatic hydroxyl groups is 1. The summed E-state index contributed by atoms with van der Waals surface area (Å²) >= 11 is 0. The molecular weight excluding hydrogens is 476 g/mol. The maximum Gasteiger partial charge on any atom is 0.302 e. The van der Waals surface area contributed by atoms with Crippen LogP contribution in [0.15, 0.2) is 77.0 Å². The topological polar surface area (TPSA) is 79.4 Å². The number of hydrogen-bond acceptors (Lipinski definition) is 5. The van der Waals surface area contributed by atoms with Gasteiger partial charge in [-0.3, -0.25) is 14.3 Å². The highest BCUT2D eigenvalue weighted by molar-refractivity contribution is 5.95. The summed E-state index contributed by atoms with van der Waals surface area (Å²) in [5.74, 6) is 0.139. The molecule has 6 rings (SSSR count). The van der Waals surface area contributed by atoms with E-state index in [0.717, 1.165) is 34.6 Å². The number of nitrogens with zero attached hydrogens (tertiary/aromatic N) is 4. The van der Waals surface area contributed by atoms with Crippen LogP contribution in [0.5, 0.6) is 11.6 Å². The molecule has 2 atom stereocenters. The van der Waals surface area contributed by atoms with E-state index in [1.165, 1.54) is 12.8 Å². The maximum atomic E-state index is 12.6. The molecule has 7 heteroatoms. The molecule has 4 aromatic rings. The van der Waals surface area contributed by atoms with E-state index in [-0.39, 0.29) is 12.5 Å². The second kappa shape index (κ2) is 9.24. The fraction of sp³-hybridized carbons (Fsp3) is 0.387. The SMILES string of the molecule is CC1(C)CC2CC(C)(CN2Cn2c(O)c(N=NC(=O)COc3cccc4ccccc34)c3ccccc32)C1.